The largest absolute Gasteiger partial charge is 0.493 e. The lowest BCUT2D eigenvalue weighted by Crippen LogP contribution is -2.11. The molecule has 0 saturated carbocycles. The highest BCUT2D eigenvalue weighted by Crippen LogP contribution is 2.47. The first-order chi connectivity index (χ1) is 23.9. The van der Waals surface area contributed by atoms with Crippen LogP contribution in [0.1, 0.15) is 53.9 Å². The number of thioether (sulfide) groups is 2. The zero-order valence-corrected chi connectivity index (χ0v) is 30.0. The number of nitrogens with zero attached hydrogens (tertiary/aromatic N) is 4. The Morgan fingerprint density at radius 2 is 1.90 bits per heavy atom. The summed E-state index contributed by atoms with van der Waals surface area (Å²) >= 11 is 10.5. The third-order valence-corrected chi connectivity index (χ3v) is 11.4. The average molecular weight is 717 g/mol. The third-order valence-electron chi connectivity index (χ3n) is 9.19. The summed E-state index contributed by atoms with van der Waals surface area (Å²) in [5.41, 5.74) is 6.18. The molecule has 12 heteroatoms. The molecule has 0 saturated heterocycles. The van der Waals surface area contributed by atoms with Crippen molar-refractivity contribution < 1.29 is 23.7 Å². The topological polar surface area (TPSA) is 96.7 Å². The Morgan fingerprint density at radius 3 is 2.78 bits per heavy atom. The van der Waals surface area contributed by atoms with Gasteiger partial charge in [-0.25, -0.2) is 9.67 Å². The molecule has 0 radical (unpaired) electrons. The zero-order valence-electron chi connectivity index (χ0n) is 27.6. The maximum atomic E-state index is 11.4. The molecule has 6 aromatic rings. The van der Waals surface area contributed by atoms with Crippen molar-refractivity contribution >= 4 is 56.8 Å². The van der Waals surface area contributed by atoms with Gasteiger partial charge in [-0.3, -0.25) is 0 Å². The van der Waals surface area contributed by atoms with E-state index in [1.807, 2.05) is 48.3 Å². The van der Waals surface area contributed by atoms with Gasteiger partial charge in [-0.15, -0.1) is 23.5 Å². The number of hydrogen-bond acceptors (Lipinski definition) is 9. The fourth-order valence-electron chi connectivity index (χ4n) is 7.00. The number of rotatable bonds is 3. The second-order valence-electron chi connectivity index (χ2n) is 12.2. The predicted octanol–water partition coefficient (Wildman–Crippen LogP) is 8.62. The summed E-state index contributed by atoms with van der Waals surface area (Å²) in [4.78, 5) is 5.99. The van der Waals surface area contributed by atoms with E-state index in [1.165, 1.54) is 0 Å². The van der Waals surface area contributed by atoms with E-state index in [4.69, 9.17) is 40.3 Å². The second kappa shape index (κ2) is 13.6. The van der Waals surface area contributed by atoms with Crippen LogP contribution in [0.25, 0.3) is 32.8 Å². The van der Waals surface area contributed by atoms with Gasteiger partial charge in [-0.05, 0) is 55.8 Å². The van der Waals surface area contributed by atoms with Crippen LogP contribution in [0, 0.1) is 6.92 Å². The number of ether oxygens (including phenoxy) is 3. The molecular weight excluding hydrogens is 680 g/mol. The highest BCUT2D eigenvalue weighted by atomic mass is 35.5. The molecule has 3 aromatic heterocycles. The summed E-state index contributed by atoms with van der Waals surface area (Å²) < 4.78 is 28.6. The fraction of sp³-hybridized carbons (Fsp3) is 0.351. The molecule has 1 unspecified atom stereocenters. The number of oxazole rings is 1. The second-order valence-corrected chi connectivity index (χ2v) is 14.7. The van der Waals surface area contributed by atoms with Crippen LogP contribution in [0.15, 0.2) is 57.8 Å². The van der Waals surface area contributed by atoms with Crippen LogP contribution >= 0.6 is 35.1 Å². The molecule has 2 aliphatic heterocycles. The lowest BCUT2D eigenvalue weighted by molar-refractivity contribution is -0.102. The van der Waals surface area contributed by atoms with Gasteiger partial charge in [0.2, 0.25) is 11.8 Å². The van der Waals surface area contributed by atoms with Crippen molar-refractivity contribution in [2.24, 2.45) is 7.05 Å². The van der Waals surface area contributed by atoms with Gasteiger partial charge >= 0.3 is 0 Å². The monoisotopic (exact) mass is 716 g/mol. The molecule has 5 heterocycles. The molecule has 2 aliphatic rings. The quantitative estimate of drug-likeness (QED) is 0.181. The average Bonchev–Trinajstić information content (AvgIpc) is 3.84. The van der Waals surface area contributed by atoms with Crippen molar-refractivity contribution in [3.05, 3.63) is 87.8 Å². The molecular formula is C37H37ClN4O5S2. The van der Waals surface area contributed by atoms with E-state index < -0.39 is 6.29 Å². The number of halogens is 1. The molecule has 0 aliphatic carbocycles. The molecule has 254 valence electrons. The maximum absolute atomic E-state index is 11.4. The highest BCUT2D eigenvalue weighted by Gasteiger charge is 2.31. The van der Waals surface area contributed by atoms with Gasteiger partial charge in [0, 0.05) is 46.4 Å². The number of fused-ring (bicyclic) bond motifs is 10. The number of aliphatic hydroxyl groups is 1. The van der Waals surface area contributed by atoms with Gasteiger partial charge in [0.15, 0.2) is 6.29 Å². The van der Waals surface area contributed by atoms with Crippen molar-refractivity contribution in [1.29, 1.82) is 0 Å². The Hall–Kier alpha value is -3.61. The van der Waals surface area contributed by atoms with Crippen LogP contribution in [0.3, 0.4) is 0 Å². The van der Waals surface area contributed by atoms with Gasteiger partial charge in [0.05, 0.1) is 52.1 Å². The Balaban J connectivity index is 1.26. The van der Waals surface area contributed by atoms with Crippen LogP contribution in [-0.4, -0.2) is 44.3 Å². The number of benzene rings is 3. The maximum Gasteiger partial charge on any atom is 0.220 e. The highest BCUT2D eigenvalue weighted by molar-refractivity contribution is 7.98. The molecule has 0 fully saturated rings. The van der Waals surface area contributed by atoms with E-state index in [1.54, 1.807) is 23.5 Å². The number of aliphatic hydroxyl groups excluding tert-OH is 1. The zero-order chi connectivity index (χ0) is 33.6. The summed E-state index contributed by atoms with van der Waals surface area (Å²) in [6.07, 6.45) is 0.291. The smallest absolute Gasteiger partial charge is 0.220 e. The normalized spacial score (nSPS) is 15.9. The molecule has 1 N–H and O–H groups in total. The summed E-state index contributed by atoms with van der Waals surface area (Å²) in [6, 6.07) is 16.6. The first kappa shape index (κ1) is 32.6. The molecule has 8 rings (SSSR count). The SMILES string of the molecule is CCOC(O)c1c2c3ccc(Cl)c(c3n1C)-c1c(nn3c1OCC3)CSCc1nc(c(C)o1)CSc1cc(c3ccccc3c1)OCCC2. The van der Waals surface area contributed by atoms with Gasteiger partial charge in [0.25, 0.3) is 0 Å². The summed E-state index contributed by atoms with van der Waals surface area (Å²) in [6.45, 7) is 5.96. The van der Waals surface area contributed by atoms with Crippen molar-refractivity contribution in [3.63, 3.8) is 0 Å². The summed E-state index contributed by atoms with van der Waals surface area (Å²) in [5, 5.41) is 20.1. The van der Waals surface area contributed by atoms with Crippen LogP contribution in [0.5, 0.6) is 11.6 Å². The van der Waals surface area contributed by atoms with E-state index in [0.29, 0.717) is 72.5 Å². The van der Waals surface area contributed by atoms with E-state index in [0.717, 1.165) is 72.6 Å². The molecule has 3 aromatic carbocycles. The summed E-state index contributed by atoms with van der Waals surface area (Å²) in [5.74, 6) is 4.99. The van der Waals surface area contributed by atoms with Crippen LogP contribution in [0.2, 0.25) is 5.02 Å². The fourth-order valence-corrected chi connectivity index (χ4v) is 9.01. The van der Waals surface area contributed by atoms with E-state index in [2.05, 4.69) is 30.3 Å². The van der Waals surface area contributed by atoms with Gasteiger partial charge in [-0.2, -0.15) is 5.10 Å². The molecule has 1 atom stereocenters. The molecule has 0 spiro atoms. The van der Waals surface area contributed by atoms with Crippen LogP contribution in [0.4, 0.5) is 0 Å². The standard InChI is InChI=1S/C37H37ClN4O5S2/c1-4-44-37(43)35-25-10-7-14-45-30-17-23(16-22-8-5-6-9-24(22)30)49-19-28-21(2)47-31(39-28)20-48-18-29-33(36-42(40-29)13-15-46-36)32-27(38)12-11-26(25)34(32)41(35)3/h5-6,8-9,11-12,16-17,37,43H,4,7,10,13-15,18-20H2,1-3H3. The van der Waals surface area contributed by atoms with E-state index >= 15 is 0 Å². The Kier molecular flexibility index (Phi) is 9.04. The minimum absolute atomic E-state index is 0.373. The molecule has 9 nitrogen and oxygen atoms in total. The first-order valence-corrected chi connectivity index (χ1v) is 19.1. The number of aryl methyl sites for hydroxylation is 3. The Labute approximate surface area is 297 Å². The number of aromatic nitrogens is 4. The van der Waals surface area contributed by atoms with Crippen molar-refractivity contribution in [2.45, 2.75) is 61.7 Å². The van der Waals surface area contributed by atoms with Crippen LogP contribution in [-0.2, 0) is 42.0 Å². The minimum atomic E-state index is -1.11. The van der Waals surface area contributed by atoms with Gasteiger partial charge in [-0.1, -0.05) is 41.9 Å². The Bertz CT molecular complexity index is 2190. The van der Waals surface area contributed by atoms with E-state index in [9.17, 15) is 5.11 Å². The van der Waals surface area contributed by atoms with Crippen molar-refractivity contribution in [1.82, 2.24) is 19.3 Å². The Morgan fingerprint density at radius 1 is 1.02 bits per heavy atom. The van der Waals surface area contributed by atoms with Crippen LogP contribution < -0.4 is 9.47 Å². The molecule has 0 amide bonds. The van der Waals surface area contributed by atoms with Gasteiger partial charge < -0.3 is 28.3 Å². The lowest BCUT2D eigenvalue weighted by Gasteiger charge is -2.16. The molecule has 8 bridgehead atoms. The van der Waals surface area contributed by atoms with Crippen molar-refractivity contribution in [3.8, 4) is 22.8 Å². The predicted molar refractivity (Wildman–Crippen MR) is 195 cm³/mol. The van der Waals surface area contributed by atoms with E-state index in [-0.39, 0.29) is 0 Å². The van der Waals surface area contributed by atoms with Crippen molar-refractivity contribution in [2.75, 3.05) is 19.8 Å². The summed E-state index contributed by atoms with van der Waals surface area (Å²) in [7, 11) is 1.97. The third kappa shape index (κ3) is 5.99. The molecule has 49 heavy (non-hydrogen) atoms. The lowest BCUT2D eigenvalue weighted by atomic mass is 9.99. The minimum Gasteiger partial charge on any atom is -0.493 e. The first-order valence-electron chi connectivity index (χ1n) is 16.5. The van der Waals surface area contributed by atoms with Gasteiger partial charge in [0.1, 0.15) is 18.1 Å². The number of hydrogen-bond donors (Lipinski definition) is 1.